The molecule has 2 saturated heterocycles. The van der Waals surface area contributed by atoms with Gasteiger partial charge >= 0.3 is 0 Å². The SMILES string of the molecule is NC1CCC(CN2CCN(c3cc(Cl)c(C4CCC(=O)NC4=O)cc3F)CC2)CC1. The number of anilines is 1. The fourth-order valence-electron chi connectivity index (χ4n) is 4.96. The maximum atomic E-state index is 15.0. The van der Waals surface area contributed by atoms with Crippen LogP contribution in [0.3, 0.4) is 0 Å². The number of amides is 2. The first-order valence-electron chi connectivity index (χ1n) is 11.0. The van der Waals surface area contributed by atoms with Crippen LogP contribution in [-0.4, -0.2) is 55.5 Å². The van der Waals surface area contributed by atoms with Crippen LogP contribution in [0.1, 0.15) is 50.0 Å². The van der Waals surface area contributed by atoms with Crippen LogP contribution < -0.4 is 16.0 Å². The highest BCUT2D eigenvalue weighted by molar-refractivity contribution is 6.32. The van der Waals surface area contributed by atoms with E-state index in [4.69, 9.17) is 17.3 Å². The van der Waals surface area contributed by atoms with E-state index in [2.05, 4.69) is 10.2 Å². The van der Waals surface area contributed by atoms with E-state index in [0.29, 0.717) is 28.7 Å². The minimum absolute atomic E-state index is 0.241. The molecule has 8 heteroatoms. The molecule has 2 aliphatic heterocycles. The Morgan fingerprint density at radius 2 is 1.77 bits per heavy atom. The minimum Gasteiger partial charge on any atom is -0.367 e. The number of nitrogens with two attached hydrogens (primary N) is 1. The summed E-state index contributed by atoms with van der Waals surface area (Å²) in [5, 5.41) is 2.69. The smallest absolute Gasteiger partial charge is 0.234 e. The standard InChI is InChI=1S/C22H30ClFN4O2/c23-18-12-20(19(24)11-17(18)16-5-6-21(29)26-22(16)30)28-9-7-27(8-10-28)13-14-1-3-15(25)4-2-14/h11-12,14-16H,1-10,13,25H2,(H,26,29,30). The molecule has 2 heterocycles. The van der Waals surface area contributed by atoms with Gasteiger partial charge in [0, 0.05) is 50.2 Å². The number of rotatable bonds is 4. The molecule has 164 valence electrons. The van der Waals surface area contributed by atoms with Crippen LogP contribution >= 0.6 is 11.6 Å². The van der Waals surface area contributed by atoms with Gasteiger partial charge in [0.1, 0.15) is 5.82 Å². The number of benzene rings is 1. The summed E-state index contributed by atoms with van der Waals surface area (Å²) in [6.07, 6.45) is 5.24. The van der Waals surface area contributed by atoms with Crippen LogP contribution in [0.15, 0.2) is 12.1 Å². The third-order valence-corrected chi connectivity index (χ3v) is 7.13. The number of hydrogen-bond acceptors (Lipinski definition) is 5. The van der Waals surface area contributed by atoms with Crippen molar-refractivity contribution in [2.75, 3.05) is 37.6 Å². The second-order valence-corrected chi connectivity index (χ2v) is 9.30. The van der Waals surface area contributed by atoms with Crippen LogP contribution in [-0.2, 0) is 9.59 Å². The predicted octanol–water partition coefficient (Wildman–Crippen LogP) is 2.64. The van der Waals surface area contributed by atoms with Crippen LogP contribution in [0.25, 0.3) is 0 Å². The quantitative estimate of drug-likeness (QED) is 0.709. The van der Waals surface area contributed by atoms with Gasteiger partial charge in [-0.1, -0.05) is 11.6 Å². The topological polar surface area (TPSA) is 78.7 Å². The summed E-state index contributed by atoms with van der Waals surface area (Å²) in [7, 11) is 0. The van der Waals surface area contributed by atoms with E-state index in [1.54, 1.807) is 6.07 Å². The fraction of sp³-hybridized carbons (Fsp3) is 0.636. The molecule has 1 atom stereocenters. The molecule has 3 N–H and O–H groups in total. The van der Waals surface area contributed by atoms with Crippen molar-refractivity contribution in [1.82, 2.24) is 10.2 Å². The molecule has 0 bridgehead atoms. The van der Waals surface area contributed by atoms with Gasteiger partial charge in [0.05, 0.1) is 11.6 Å². The lowest BCUT2D eigenvalue weighted by atomic mass is 9.86. The number of halogens is 2. The maximum Gasteiger partial charge on any atom is 0.234 e. The molecule has 3 aliphatic rings. The molecule has 1 aliphatic carbocycles. The summed E-state index contributed by atoms with van der Waals surface area (Å²) < 4.78 is 15.0. The van der Waals surface area contributed by atoms with Crippen molar-refractivity contribution < 1.29 is 14.0 Å². The van der Waals surface area contributed by atoms with Gasteiger partial charge in [0.15, 0.2) is 0 Å². The van der Waals surface area contributed by atoms with E-state index < -0.39 is 11.8 Å². The zero-order chi connectivity index (χ0) is 21.3. The van der Waals surface area contributed by atoms with Gasteiger partial charge in [0.25, 0.3) is 0 Å². The molecular weight excluding hydrogens is 407 g/mol. The normalized spacial score (nSPS) is 28.5. The molecule has 3 fully saturated rings. The first kappa shape index (κ1) is 21.5. The van der Waals surface area contributed by atoms with Gasteiger partial charge in [0.2, 0.25) is 11.8 Å². The average Bonchev–Trinajstić information content (AvgIpc) is 2.72. The Morgan fingerprint density at radius 3 is 2.43 bits per heavy atom. The Morgan fingerprint density at radius 1 is 1.07 bits per heavy atom. The molecule has 1 unspecified atom stereocenters. The van der Waals surface area contributed by atoms with Gasteiger partial charge in [-0.2, -0.15) is 0 Å². The maximum absolute atomic E-state index is 15.0. The Labute approximate surface area is 181 Å². The lowest BCUT2D eigenvalue weighted by Gasteiger charge is -2.39. The van der Waals surface area contributed by atoms with Crippen molar-refractivity contribution in [3.05, 3.63) is 28.5 Å². The van der Waals surface area contributed by atoms with Crippen molar-refractivity contribution in [2.45, 2.75) is 50.5 Å². The third-order valence-electron chi connectivity index (χ3n) is 6.80. The third kappa shape index (κ3) is 4.79. The largest absolute Gasteiger partial charge is 0.367 e. The number of imide groups is 1. The van der Waals surface area contributed by atoms with E-state index in [0.717, 1.165) is 51.5 Å². The van der Waals surface area contributed by atoms with E-state index in [9.17, 15) is 14.0 Å². The second-order valence-electron chi connectivity index (χ2n) is 8.90. The highest BCUT2D eigenvalue weighted by Gasteiger charge is 2.31. The molecule has 4 rings (SSSR count). The summed E-state index contributed by atoms with van der Waals surface area (Å²) in [6, 6.07) is 3.37. The van der Waals surface area contributed by atoms with Gasteiger partial charge < -0.3 is 10.6 Å². The molecule has 0 radical (unpaired) electrons. The lowest BCUT2D eigenvalue weighted by Crippen LogP contribution is -2.48. The number of nitrogens with zero attached hydrogens (tertiary/aromatic N) is 2. The van der Waals surface area contributed by atoms with Crippen LogP contribution in [0.4, 0.5) is 10.1 Å². The number of carbonyl (C=O) groups excluding carboxylic acids is 2. The lowest BCUT2D eigenvalue weighted by molar-refractivity contribution is -0.134. The Balaban J connectivity index is 1.37. The minimum atomic E-state index is -0.584. The highest BCUT2D eigenvalue weighted by Crippen LogP contribution is 2.35. The molecular formula is C22H30ClFN4O2. The van der Waals surface area contributed by atoms with Crippen LogP contribution in [0.2, 0.25) is 5.02 Å². The van der Waals surface area contributed by atoms with E-state index in [1.807, 2.05) is 4.90 Å². The Hall–Kier alpha value is -1.70. The van der Waals surface area contributed by atoms with Crippen LogP contribution in [0.5, 0.6) is 0 Å². The van der Waals surface area contributed by atoms with Gasteiger partial charge in [-0.05, 0) is 55.7 Å². The number of piperazine rings is 1. The average molecular weight is 437 g/mol. The summed E-state index contributed by atoms with van der Waals surface area (Å²) in [5.74, 6) is -0.931. The zero-order valence-electron chi connectivity index (χ0n) is 17.2. The first-order chi connectivity index (χ1) is 14.4. The van der Waals surface area contributed by atoms with Crippen LogP contribution in [0, 0.1) is 11.7 Å². The number of carbonyl (C=O) groups is 2. The molecule has 1 aromatic carbocycles. The molecule has 6 nitrogen and oxygen atoms in total. The monoisotopic (exact) mass is 436 g/mol. The van der Waals surface area contributed by atoms with Gasteiger partial charge in [-0.3, -0.25) is 19.8 Å². The second kappa shape index (κ2) is 9.20. The van der Waals surface area contributed by atoms with Gasteiger partial charge in [-0.25, -0.2) is 4.39 Å². The zero-order valence-corrected chi connectivity index (χ0v) is 18.0. The van der Waals surface area contributed by atoms with Crippen molar-refractivity contribution in [3.63, 3.8) is 0 Å². The van der Waals surface area contributed by atoms with Gasteiger partial charge in [-0.15, -0.1) is 0 Å². The number of hydrogen-bond donors (Lipinski definition) is 2. The summed E-state index contributed by atoms with van der Waals surface area (Å²) in [6.45, 7) is 4.38. The van der Waals surface area contributed by atoms with Crippen molar-refractivity contribution in [2.24, 2.45) is 11.7 Å². The van der Waals surface area contributed by atoms with Crippen molar-refractivity contribution in [1.29, 1.82) is 0 Å². The molecule has 30 heavy (non-hydrogen) atoms. The summed E-state index contributed by atoms with van der Waals surface area (Å²) in [4.78, 5) is 28.0. The number of nitrogens with one attached hydrogen (secondary N) is 1. The Kier molecular flexibility index (Phi) is 6.60. The fourth-order valence-corrected chi connectivity index (χ4v) is 5.25. The van der Waals surface area contributed by atoms with Crippen molar-refractivity contribution in [3.8, 4) is 0 Å². The Bertz CT molecular complexity index is 805. The summed E-state index contributed by atoms with van der Waals surface area (Å²) in [5.41, 5.74) is 6.95. The van der Waals surface area contributed by atoms with E-state index in [-0.39, 0.29) is 18.1 Å². The highest BCUT2D eigenvalue weighted by atomic mass is 35.5. The first-order valence-corrected chi connectivity index (χ1v) is 11.3. The molecule has 1 saturated carbocycles. The van der Waals surface area contributed by atoms with Crippen molar-refractivity contribution >= 4 is 29.1 Å². The van der Waals surface area contributed by atoms with E-state index >= 15 is 0 Å². The summed E-state index contributed by atoms with van der Waals surface area (Å²) >= 11 is 6.45. The molecule has 0 spiro atoms. The molecule has 1 aromatic rings. The predicted molar refractivity (Wildman–Crippen MR) is 115 cm³/mol. The van der Waals surface area contributed by atoms with E-state index in [1.165, 1.54) is 18.9 Å². The number of piperidine rings is 1. The molecule has 0 aromatic heterocycles. The molecule has 2 amide bonds.